The predicted molar refractivity (Wildman–Crippen MR) is 90.0 cm³/mol. The van der Waals surface area contributed by atoms with Crippen LogP contribution in [0.25, 0.3) is 0 Å². The number of benzene rings is 1. The molecule has 0 radical (unpaired) electrons. The van der Waals surface area contributed by atoms with E-state index in [9.17, 15) is 4.79 Å². The van der Waals surface area contributed by atoms with E-state index in [4.69, 9.17) is 0 Å². The molecule has 0 heterocycles. The van der Waals surface area contributed by atoms with E-state index in [-0.39, 0.29) is 5.91 Å². The van der Waals surface area contributed by atoms with Crippen LogP contribution in [-0.2, 0) is 0 Å². The van der Waals surface area contributed by atoms with E-state index in [0.717, 1.165) is 27.7 Å². The minimum atomic E-state index is 0.0333. The van der Waals surface area contributed by atoms with Crippen LogP contribution in [0.1, 0.15) is 55.8 Å². The smallest absolute Gasteiger partial charge is 0.251 e. The molecule has 0 bridgehead atoms. The third kappa shape index (κ3) is 4.59. The number of carbonyl (C=O) groups is 1. The SMILES string of the molecule is CCCC1CCC(NC(=O)c2cc(Br)cc(Br)c2)CC1. The Bertz CT molecular complexity index is 447. The van der Waals surface area contributed by atoms with Crippen LogP contribution < -0.4 is 5.32 Å². The quantitative estimate of drug-likeness (QED) is 0.727. The second-order valence-corrected chi connectivity index (χ2v) is 7.47. The van der Waals surface area contributed by atoms with Crippen LogP contribution in [0.2, 0.25) is 0 Å². The van der Waals surface area contributed by atoms with Crippen LogP contribution in [0, 0.1) is 5.92 Å². The molecule has 0 atom stereocenters. The number of halogens is 2. The van der Waals surface area contributed by atoms with Gasteiger partial charge in [-0.2, -0.15) is 0 Å². The van der Waals surface area contributed by atoms with Crippen molar-refractivity contribution in [1.82, 2.24) is 5.32 Å². The zero-order valence-electron chi connectivity index (χ0n) is 11.8. The van der Waals surface area contributed by atoms with Crippen LogP contribution in [0.3, 0.4) is 0 Å². The summed E-state index contributed by atoms with van der Waals surface area (Å²) in [6.45, 7) is 2.25. The molecular weight excluding hydrogens is 382 g/mol. The molecule has 1 aliphatic carbocycles. The minimum Gasteiger partial charge on any atom is -0.349 e. The molecule has 0 unspecified atom stereocenters. The number of rotatable bonds is 4. The average Bonchev–Trinajstić information content (AvgIpc) is 2.40. The first-order valence-electron chi connectivity index (χ1n) is 7.35. The molecule has 1 amide bonds. The van der Waals surface area contributed by atoms with Gasteiger partial charge >= 0.3 is 0 Å². The van der Waals surface area contributed by atoms with Gasteiger partial charge in [0, 0.05) is 20.6 Å². The Morgan fingerprint density at radius 3 is 2.30 bits per heavy atom. The number of nitrogens with one attached hydrogen (secondary N) is 1. The molecule has 1 N–H and O–H groups in total. The minimum absolute atomic E-state index is 0.0333. The Labute approximate surface area is 138 Å². The molecule has 0 spiro atoms. The number of hydrogen-bond acceptors (Lipinski definition) is 1. The summed E-state index contributed by atoms with van der Waals surface area (Å²) < 4.78 is 1.84. The molecular formula is C16H21Br2NO. The topological polar surface area (TPSA) is 29.1 Å². The van der Waals surface area contributed by atoms with Gasteiger partial charge in [-0.05, 0) is 49.8 Å². The Hall–Kier alpha value is -0.350. The highest BCUT2D eigenvalue weighted by molar-refractivity contribution is 9.11. The summed E-state index contributed by atoms with van der Waals surface area (Å²) in [5, 5.41) is 3.17. The first-order valence-corrected chi connectivity index (χ1v) is 8.94. The molecule has 1 saturated carbocycles. The Morgan fingerprint density at radius 1 is 1.15 bits per heavy atom. The standard InChI is InChI=1S/C16H21Br2NO/c1-2-3-11-4-6-15(7-5-11)19-16(20)12-8-13(17)10-14(18)9-12/h8-11,15H,2-7H2,1H3,(H,19,20). The monoisotopic (exact) mass is 401 g/mol. The van der Waals surface area contributed by atoms with Crippen molar-refractivity contribution in [3.05, 3.63) is 32.7 Å². The summed E-state index contributed by atoms with van der Waals surface area (Å²) in [6, 6.07) is 6.01. The Balaban J connectivity index is 1.89. The second-order valence-electron chi connectivity index (χ2n) is 5.64. The van der Waals surface area contributed by atoms with E-state index in [2.05, 4.69) is 44.1 Å². The molecule has 0 saturated heterocycles. The molecule has 1 aliphatic rings. The lowest BCUT2D eigenvalue weighted by Crippen LogP contribution is -2.37. The zero-order chi connectivity index (χ0) is 14.5. The van der Waals surface area contributed by atoms with E-state index < -0.39 is 0 Å². The van der Waals surface area contributed by atoms with Crippen molar-refractivity contribution in [2.45, 2.75) is 51.5 Å². The Morgan fingerprint density at radius 2 is 1.75 bits per heavy atom. The van der Waals surface area contributed by atoms with Gasteiger partial charge in [-0.15, -0.1) is 0 Å². The van der Waals surface area contributed by atoms with Gasteiger partial charge in [0.05, 0.1) is 0 Å². The molecule has 2 nitrogen and oxygen atoms in total. The summed E-state index contributed by atoms with van der Waals surface area (Å²) in [6.07, 6.45) is 7.34. The normalized spacial score (nSPS) is 22.6. The molecule has 1 aromatic rings. The van der Waals surface area contributed by atoms with E-state index in [1.807, 2.05) is 18.2 Å². The van der Waals surface area contributed by atoms with Gasteiger partial charge in [-0.3, -0.25) is 4.79 Å². The highest BCUT2D eigenvalue weighted by Gasteiger charge is 2.22. The summed E-state index contributed by atoms with van der Waals surface area (Å²) in [4.78, 5) is 12.3. The molecule has 1 fully saturated rings. The summed E-state index contributed by atoms with van der Waals surface area (Å²) >= 11 is 6.84. The molecule has 110 valence electrons. The second kappa shape index (κ2) is 7.60. The third-order valence-corrected chi connectivity index (χ3v) is 4.92. The van der Waals surface area contributed by atoms with Gasteiger partial charge in [0.25, 0.3) is 5.91 Å². The van der Waals surface area contributed by atoms with E-state index in [1.165, 1.54) is 25.7 Å². The van der Waals surface area contributed by atoms with Crippen molar-refractivity contribution in [3.63, 3.8) is 0 Å². The van der Waals surface area contributed by atoms with Crippen molar-refractivity contribution < 1.29 is 4.79 Å². The summed E-state index contributed by atoms with van der Waals surface area (Å²) in [5.74, 6) is 0.902. The fraction of sp³-hybridized carbons (Fsp3) is 0.562. The highest BCUT2D eigenvalue weighted by Crippen LogP contribution is 2.28. The molecule has 2 rings (SSSR count). The first kappa shape index (κ1) is 16.0. The van der Waals surface area contributed by atoms with Crippen LogP contribution in [0.4, 0.5) is 0 Å². The van der Waals surface area contributed by atoms with E-state index in [1.54, 1.807) is 0 Å². The lowest BCUT2D eigenvalue weighted by molar-refractivity contribution is 0.0921. The fourth-order valence-electron chi connectivity index (χ4n) is 2.96. The molecule has 4 heteroatoms. The first-order chi connectivity index (χ1) is 9.58. The van der Waals surface area contributed by atoms with Gasteiger partial charge in [0.1, 0.15) is 0 Å². The van der Waals surface area contributed by atoms with Crippen LogP contribution in [-0.4, -0.2) is 11.9 Å². The summed E-state index contributed by atoms with van der Waals surface area (Å²) in [5.41, 5.74) is 0.710. The van der Waals surface area contributed by atoms with Gasteiger partial charge in [0.15, 0.2) is 0 Å². The van der Waals surface area contributed by atoms with E-state index in [0.29, 0.717) is 11.6 Å². The van der Waals surface area contributed by atoms with Crippen LogP contribution in [0.5, 0.6) is 0 Å². The largest absolute Gasteiger partial charge is 0.349 e. The van der Waals surface area contributed by atoms with E-state index >= 15 is 0 Å². The van der Waals surface area contributed by atoms with Crippen LogP contribution >= 0.6 is 31.9 Å². The fourth-order valence-corrected chi connectivity index (χ4v) is 4.25. The van der Waals surface area contributed by atoms with Gasteiger partial charge in [0.2, 0.25) is 0 Å². The molecule has 0 aromatic heterocycles. The molecule has 20 heavy (non-hydrogen) atoms. The maximum Gasteiger partial charge on any atom is 0.251 e. The summed E-state index contributed by atoms with van der Waals surface area (Å²) in [7, 11) is 0. The molecule has 1 aromatic carbocycles. The van der Waals surface area contributed by atoms with Gasteiger partial charge < -0.3 is 5.32 Å². The molecule has 0 aliphatic heterocycles. The van der Waals surface area contributed by atoms with Crippen molar-refractivity contribution in [1.29, 1.82) is 0 Å². The van der Waals surface area contributed by atoms with Crippen LogP contribution in [0.15, 0.2) is 27.1 Å². The van der Waals surface area contributed by atoms with Crippen molar-refractivity contribution in [2.75, 3.05) is 0 Å². The third-order valence-electron chi connectivity index (χ3n) is 4.00. The number of amides is 1. The van der Waals surface area contributed by atoms with Gasteiger partial charge in [-0.1, -0.05) is 51.6 Å². The number of hydrogen-bond donors (Lipinski definition) is 1. The predicted octanol–water partition coefficient (Wildman–Crippen LogP) is 5.30. The number of carbonyl (C=O) groups excluding carboxylic acids is 1. The lowest BCUT2D eigenvalue weighted by atomic mass is 9.83. The van der Waals surface area contributed by atoms with Crippen molar-refractivity contribution >= 4 is 37.8 Å². The highest BCUT2D eigenvalue weighted by atomic mass is 79.9. The van der Waals surface area contributed by atoms with Crippen molar-refractivity contribution in [3.8, 4) is 0 Å². The zero-order valence-corrected chi connectivity index (χ0v) is 15.0. The maximum atomic E-state index is 12.3. The van der Waals surface area contributed by atoms with Crippen molar-refractivity contribution in [2.24, 2.45) is 5.92 Å². The lowest BCUT2D eigenvalue weighted by Gasteiger charge is -2.29. The average molecular weight is 403 g/mol. The maximum absolute atomic E-state index is 12.3. The van der Waals surface area contributed by atoms with Gasteiger partial charge in [-0.25, -0.2) is 0 Å². The Kier molecular flexibility index (Phi) is 6.09.